The third-order valence-corrected chi connectivity index (χ3v) is 5.59. The van der Waals surface area contributed by atoms with Crippen molar-refractivity contribution in [3.8, 4) is 21.1 Å². The van der Waals surface area contributed by atoms with Gasteiger partial charge in [0.1, 0.15) is 10.0 Å². The lowest BCUT2D eigenvalue weighted by Crippen LogP contribution is -1.94. The summed E-state index contributed by atoms with van der Waals surface area (Å²) in [5.41, 5.74) is 3.53. The van der Waals surface area contributed by atoms with Crippen LogP contribution in [0.15, 0.2) is 48.5 Å². The third kappa shape index (κ3) is 5.47. The normalized spacial score (nSPS) is 10.9. The Morgan fingerprint density at radius 3 is 2.04 bits per heavy atom. The molecule has 0 aliphatic heterocycles. The predicted molar refractivity (Wildman–Crippen MR) is 112 cm³/mol. The summed E-state index contributed by atoms with van der Waals surface area (Å²) in [4.78, 5) is 11.0. The maximum atomic E-state index is 11.0. The van der Waals surface area contributed by atoms with Crippen LogP contribution in [0.1, 0.15) is 41.6 Å². The number of hydrogen-bond acceptors (Lipinski definition) is 5. The first-order valence-corrected chi connectivity index (χ1v) is 10.2. The van der Waals surface area contributed by atoms with Crippen LogP contribution in [-0.4, -0.2) is 35.0 Å². The van der Waals surface area contributed by atoms with E-state index in [4.69, 9.17) is 9.84 Å². The van der Waals surface area contributed by atoms with Crippen LogP contribution in [0.2, 0.25) is 0 Å². The first kappa shape index (κ1) is 20.2. The minimum absolute atomic E-state index is 0.266. The van der Waals surface area contributed by atoms with E-state index in [0.717, 1.165) is 40.6 Å². The maximum Gasteiger partial charge on any atom is 0.335 e. The van der Waals surface area contributed by atoms with Gasteiger partial charge in [-0.2, -0.15) is 0 Å². The van der Waals surface area contributed by atoms with E-state index in [2.05, 4.69) is 34.5 Å². The highest BCUT2D eigenvalue weighted by molar-refractivity contribution is 7.17. The summed E-state index contributed by atoms with van der Waals surface area (Å²) in [6.07, 6.45) is 5.86. The summed E-state index contributed by atoms with van der Waals surface area (Å²) in [5, 5.41) is 19.2. The number of carbonyl (C=O) groups is 1. The Kier molecular flexibility index (Phi) is 7.28. The molecule has 146 valence electrons. The lowest BCUT2D eigenvalue weighted by molar-refractivity contribution is 0.0697. The standard InChI is InChI=1S/C22H24N2O3S/c1-27-15-5-3-2-4-6-16-7-9-17(10-8-16)20-23-24-21(28-20)18-11-13-19(14-12-18)22(25)26/h7-14H,2-6,15H2,1H3,(H,25,26). The zero-order valence-electron chi connectivity index (χ0n) is 15.9. The van der Waals surface area contributed by atoms with Gasteiger partial charge in [-0.15, -0.1) is 10.2 Å². The molecule has 3 aromatic rings. The van der Waals surface area contributed by atoms with Crippen LogP contribution in [0, 0.1) is 0 Å². The van der Waals surface area contributed by atoms with Crippen LogP contribution in [0.3, 0.4) is 0 Å². The highest BCUT2D eigenvalue weighted by Gasteiger charge is 2.10. The van der Waals surface area contributed by atoms with Gasteiger partial charge in [0.25, 0.3) is 0 Å². The molecule has 6 heteroatoms. The molecule has 1 heterocycles. The number of ether oxygens (including phenoxy) is 1. The summed E-state index contributed by atoms with van der Waals surface area (Å²) >= 11 is 1.51. The topological polar surface area (TPSA) is 72.3 Å². The molecule has 0 radical (unpaired) electrons. The fraction of sp³-hybridized carbons (Fsp3) is 0.318. The minimum Gasteiger partial charge on any atom is -0.478 e. The molecule has 0 bridgehead atoms. The molecule has 0 aliphatic carbocycles. The average Bonchev–Trinajstić information content (AvgIpc) is 3.21. The smallest absolute Gasteiger partial charge is 0.335 e. The summed E-state index contributed by atoms with van der Waals surface area (Å²) in [6.45, 7) is 0.849. The van der Waals surface area contributed by atoms with E-state index in [1.807, 2.05) is 0 Å². The van der Waals surface area contributed by atoms with Crippen LogP contribution in [0.5, 0.6) is 0 Å². The largest absolute Gasteiger partial charge is 0.478 e. The number of rotatable bonds is 10. The van der Waals surface area contributed by atoms with E-state index >= 15 is 0 Å². The number of aromatic carboxylic acids is 1. The molecule has 0 saturated carbocycles. The molecule has 0 spiro atoms. The Labute approximate surface area is 169 Å². The monoisotopic (exact) mass is 396 g/mol. The molecule has 0 amide bonds. The zero-order valence-corrected chi connectivity index (χ0v) is 16.7. The molecule has 0 aliphatic rings. The molecule has 28 heavy (non-hydrogen) atoms. The maximum absolute atomic E-state index is 11.0. The lowest BCUT2D eigenvalue weighted by atomic mass is 10.0. The molecule has 3 rings (SSSR count). The second kappa shape index (κ2) is 10.1. The van der Waals surface area contributed by atoms with E-state index in [1.54, 1.807) is 31.4 Å². The molecule has 0 fully saturated rings. The van der Waals surface area contributed by atoms with E-state index in [0.29, 0.717) is 0 Å². The Hall–Kier alpha value is -2.57. The number of methoxy groups -OCH3 is 1. The van der Waals surface area contributed by atoms with Gasteiger partial charge in [0.2, 0.25) is 0 Å². The van der Waals surface area contributed by atoms with Gasteiger partial charge in [-0.05, 0) is 37.0 Å². The first-order valence-electron chi connectivity index (χ1n) is 9.43. The number of benzene rings is 2. The van der Waals surface area contributed by atoms with E-state index in [-0.39, 0.29) is 5.56 Å². The van der Waals surface area contributed by atoms with Crippen molar-refractivity contribution in [2.45, 2.75) is 32.1 Å². The summed E-state index contributed by atoms with van der Waals surface area (Å²) in [7, 11) is 1.75. The molecule has 1 N–H and O–H groups in total. The summed E-state index contributed by atoms with van der Waals surface area (Å²) in [6, 6.07) is 15.2. The van der Waals surface area contributed by atoms with Crippen molar-refractivity contribution in [3.05, 3.63) is 59.7 Å². The number of carboxylic acid groups (broad SMARTS) is 1. The number of aryl methyl sites for hydroxylation is 1. The van der Waals surface area contributed by atoms with E-state index < -0.39 is 5.97 Å². The molecule has 0 unspecified atom stereocenters. The van der Waals surface area contributed by atoms with Crippen molar-refractivity contribution in [2.24, 2.45) is 0 Å². The number of unbranched alkanes of at least 4 members (excludes halogenated alkanes) is 3. The Morgan fingerprint density at radius 1 is 0.893 bits per heavy atom. The second-order valence-electron chi connectivity index (χ2n) is 6.65. The average molecular weight is 397 g/mol. The fourth-order valence-corrected chi connectivity index (χ4v) is 3.81. The molecular formula is C22H24N2O3S. The molecule has 5 nitrogen and oxygen atoms in total. The quantitative estimate of drug-likeness (QED) is 0.470. The Bertz CT molecular complexity index is 889. The van der Waals surface area contributed by atoms with Gasteiger partial charge in [0.15, 0.2) is 0 Å². The third-order valence-electron chi connectivity index (χ3n) is 4.57. The van der Waals surface area contributed by atoms with Crippen molar-refractivity contribution >= 4 is 17.3 Å². The Balaban J connectivity index is 1.58. The minimum atomic E-state index is -0.931. The summed E-state index contributed by atoms with van der Waals surface area (Å²) < 4.78 is 5.07. The highest BCUT2D eigenvalue weighted by atomic mass is 32.1. The van der Waals surface area contributed by atoms with Crippen molar-refractivity contribution in [1.29, 1.82) is 0 Å². The van der Waals surface area contributed by atoms with Crippen LogP contribution in [0.4, 0.5) is 0 Å². The highest BCUT2D eigenvalue weighted by Crippen LogP contribution is 2.30. The van der Waals surface area contributed by atoms with Gasteiger partial charge >= 0.3 is 5.97 Å². The van der Waals surface area contributed by atoms with Crippen molar-refractivity contribution in [2.75, 3.05) is 13.7 Å². The van der Waals surface area contributed by atoms with Crippen LogP contribution >= 0.6 is 11.3 Å². The number of hydrogen-bond donors (Lipinski definition) is 1. The number of carboxylic acids is 1. The van der Waals surface area contributed by atoms with E-state index in [9.17, 15) is 4.79 Å². The molecule has 0 atom stereocenters. The lowest BCUT2D eigenvalue weighted by Gasteiger charge is -2.03. The van der Waals surface area contributed by atoms with Gasteiger partial charge in [0, 0.05) is 24.8 Å². The second-order valence-corrected chi connectivity index (χ2v) is 7.63. The van der Waals surface area contributed by atoms with Gasteiger partial charge < -0.3 is 9.84 Å². The van der Waals surface area contributed by atoms with Crippen molar-refractivity contribution < 1.29 is 14.6 Å². The van der Waals surface area contributed by atoms with Crippen LogP contribution < -0.4 is 0 Å². The Morgan fingerprint density at radius 2 is 1.46 bits per heavy atom. The van der Waals surface area contributed by atoms with Crippen LogP contribution in [-0.2, 0) is 11.2 Å². The fourth-order valence-electron chi connectivity index (χ4n) is 2.95. The van der Waals surface area contributed by atoms with Gasteiger partial charge in [-0.3, -0.25) is 0 Å². The predicted octanol–water partition coefficient (Wildman–Crippen LogP) is 5.32. The van der Waals surface area contributed by atoms with E-state index in [1.165, 1.54) is 36.2 Å². The first-order chi connectivity index (χ1) is 13.7. The SMILES string of the molecule is COCCCCCCc1ccc(-c2nnc(-c3ccc(C(=O)O)cc3)s2)cc1. The van der Waals surface area contributed by atoms with Gasteiger partial charge in [0.05, 0.1) is 5.56 Å². The van der Waals surface area contributed by atoms with Gasteiger partial charge in [-0.1, -0.05) is 60.6 Å². The number of aromatic nitrogens is 2. The molecule has 2 aromatic carbocycles. The van der Waals surface area contributed by atoms with Crippen LogP contribution in [0.25, 0.3) is 21.1 Å². The van der Waals surface area contributed by atoms with Crippen molar-refractivity contribution in [1.82, 2.24) is 10.2 Å². The van der Waals surface area contributed by atoms with Crippen molar-refractivity contribution in [3.63, 3.8) is 0 Å². The van der Waals surface area contributed by atoms with Gasteiger partial charge in [-0.25, -0.2) is 4.79 Å². The summed E-state index contributed by atoms with van der Waals surface area (Å²) in [5.74, 6) is -0.931. The zero-order chi connectivity index (χ0) is 19.8. The number of nitrogens with zero attached hydrogens (tertiary/aromatic N) is 2. The molecular weight excluding hydrogens is 372 g/mol. The molecule has 0 saturated heterocycles. The molecule has 1 aromatic heterocycles.